The molecule has 2 amide bonds. The number of aromatic nitrogens is 2. The number of fused-ring (bicyclic) bond motifs is 1. The monoisotopic (exact) mass is 464 g/mol. The van der Waals surface area contributed by atoms with E-state index in [2.05, 4.69) is 28.2 Å². The van der Waals surface area contributed by atoms with E-state index >= 15 is 0 Å². The third-order valence-electron chi connectivity index (χ3n) is 6.00. The Morgan fingerprint density at radius 2 is 2.06 bits per heavy atom. The summed E-state index contributed by atoms with van der Waals surface area (Å²) in [7, 11) is 1.63. The first-order chi connectivity index (χ1) is 16.1. The van der Waals surface area contributed by atoms with Crippen LogP contribution in [-0.2, 0) is 9.59 Å². The molecule has 0 aromatic carbocycles. The molecule has 2 aromatic heterocycles. The van der Waals surface area contributed by atoms with Gasteiger partial charge in [0.1, 0.15) is 5.52 Å². The van der Waals surface area contributed by atoms with Crippen LogP contribution in [0, 0.1) is 0 Å². The van der Waals surface area contributed by atoms with Crippen LogP contribution in [0.4, 0.5) is 0 Å². The second-order valence-electron chi connectivity index (χ2n) is 8.17. The molecule has 3 aliphatic rings. The highest BCUT2D eigenvalue weighted by atomic mass is 32.1. The third kappa shape index (κ3) is 5.39. The second-order valence-corrected chi connectivity index (χ2v) is 9.02. The first-order valence-electron chi connectivity index (χ1n) is 11.1. The minimum atomic E-state index is -0.340. The lowest BCUT2D eigenvalue weighted by atomic mass is 9.98. The number of primary amides is 1. The molecular formula is C25H28N4O3S. The average Bonchev–Trinajstić information content (AvgIpc) is 3.49. The lowest BCUT2D eigenvalue weighted by molar-refractivity contribution is -0.127. The Bertz CT molecular complexity index is 1180. The highest BCUT2D eigenvalue weighted by Crippen LogP contribution is 2.34. The third-order valence-corrected chi connectivity index (χ3v) is 6.86. The van der Waals surface area contributed by atoms with Crippen LogP contribution in [0.5, 0.6) is 5.88 Å². The van der Waals surface area contributed by atoms with Crippen LogP contribution in [0.25, 0.3) is 15.8 Å². The smallest absolute Gasteiger partial charge is 0.244 e. The van der Waals surface area contributed by atoms with Crippen molar-refractivity contribution in [2.75, 3.05) is 20.2 Å². The molecule has 5 rings (SSSR count). The first kappa shape index (κ1) is 22.9. The minimum absolute atomic E-state index is 0.241. The highest BCUT2D eigenvalue weighted by molar-refractivity contribution is 7.17. The molecule has 2 N–H and O–H groups in total. The molecule has 7 nitrogen and oxygen atoms in total. The summed E-state index contributed by atoms with van der Waals surface area (Å²) in [5.41, 5.74) is 12.3. The van der Waals surface area contributed by atoms with Crippen molar-refractivity contribution in [2.45, 2.75) is 38.5 Å². The van der Waals surface area contributed by atoms with Crippen LogP contribution in [0.3, 0.4) is 0 Å². The number of rotatable bonds is 5. The van der Waals surface area contributed by atoms with Gasteiger partial charge in [0.15, 0.2) is 0 Å². The number of ether oxygens (including phenoxy) is 1. The van der Waals surface area contributed by atoms with Gasteiger partial charge < -0.3 is 15.4 Å². The molecule has 2 aromatic rings. The largest absolute Gasteiger partial charge is 0.479 e. The Kier molecular flexibility index (Phi) is 7.34. The number of nitrogens with two attached hydrogens (primary N) is 1. The fourth-order valence-electron chi connectivity index (χ4n) is 4.17. The van der Waals surface area contributed by atoms with E-state index in [1.54, 1.807) is 24.5 Å². The molecule has 0 bridgehead atoms. The fraction of sp³-hybridized carbons (Fsp3) is 0.360. The number of hydrogen-bond acceptors (Lipinski definition) is 6. The molecule has 0 atom stereocenters. The summed E-state index contributed by atoms with van der Waals surface area (Å²) in [6.45, 7) is 1.57. The highest BCUT2D eigenvalue weighted by Gasteiger charge is 2.21. The number of pyridine rings is 1. The number of carbonyl (C=O) groups is 2. The molecule has 2 aliphatic carbocycles. The molecule has 0 unspecified atom stereocenters. The number of likely N-dealkylation sites (tertiary alicyclic amines) is 1. The van der Waals surface area contributed by atoms with Gasteiger partial charge in [-0.2, -0.15) is 0 Å². The number of hydrogen-bond donors (Lipinski definition) is 1. The van der Waals surface area contributed by atoms with Gasteiger partial charge in [0, 0.05) is 36.8 Å². The lowest BCUT2D eigenvalue weighted by Gasteiger charge is -2.19. The number of nitrogens with zero attached hydrogens (tertiary/aromatic N) is 3. The maximum absolute atomic E-state index is 11.4. The van der Waals surface area contributed by atoms with Crippen molar-refractivity contribution < 1.29 is 14.3 Å². The summed E-state index contributed by atoms with van der Waals surface area (Å²) >= 11 is 1.64. The molecule has 172 valence electrons. The van der Waals surface area contributed by atoms with Gasteiger partial charge in [0.25, 0.3) is 0 Å². The second kappa shape index (κ2) is 10.6. The Morgan fingerprint density at radius 3 is 2.70 bits per heavy atom. The zero-order valence-electron chi connectivity index (χ0n) is 18.8. The minimum Gasteiger partial charge on any atom is -0.479 e. The first-order valence-corrected chi connectivity index (χ1v) is 12.0. The van der Waals surface area contributed by atoms with E-state index < -0.39 is 0 Å². The molecule has 1 saturated heterocycles. The van der Waals surface area contributed by atoms with Gasteiger partial charge in [0.05, 0.1) is 17.3 Å². The van der Waals surface area contributed by atoms with Crippen molar-refractivity contribution in [3.8, 4) is 5.88 Å². The SMILES string of the molecule is COc1ncc(C2=CC=CCC2)c2scnc12.NC(=O)C1=CC=C(CN2CCCC2=O)CC1. The van der Waals surface area contributed by atoms with E-state index in [0.29, 0.717) is 30.8 Å². The summed E-state index contributed by atoms with van der Waals surface area (Å²) in [6, 6.07) is 0. The molecule has 33 heavy (non-hydrogen) atoms. The maximum Gasteiger partial charge on any atom is 0.244 e. The van der Waals surface area contributed by atoms with E-state index in [1.165, 1.54) is 21.4 Å². The lowest BCUT2D eigenvalue weighted by Crippen LogP contribution is -2.27. The summed E-state index contributed by atoms with van der Waals surface area (Å²) in [5, 5.41) is 0. The van der Waals surface area contributed by atoms with Crippen molar-refractivity contribution in [1.29, 1.82) is 0 Å². The Hall–Kier alpha value is -3.26. The molecule has 0 radical (unpaired) electrons. The molecular weight excluding hydrogens is 436 g/mol. The van der Waals surface area contributed by atoms with Crippen molar-refractivity contribution in [1.82, 2.24) is 14.9 Å². The Balaban J connectivity index is 0.000000157. The molecule has 0 spiro atoms. The van der Waals surface area contributed by atoms with Crippen LogP contribution < -0.4 is 10.5 Å². The number of carbonyl (C=O) groups excluding carboxylic acids is 2. The Morgan fingerprint density at radius 1 is 1.18 bits per heavy atom. The van der Waals surface area contributed by atoms with Crippen LogP contribution >= 0.6 is 11.3 Å². The molecule has 8 heteroatoms. The summed E-state index contributed by atoms with van der Waals surface area (Å²) in [5.74, 6) is 0.509. The normalized spacial score (nSPS) is 17.8. The van der Waals surface area contributed by atoms with Crippen LogP contribution in [-0.4, -0.2) is 46.9 Å². The van der Waals surface area contributed by atoms with Crippen LogP contribution in [0.2, 0.25) is 0 Å². The van der Waals surface area contributed by atoms with Crippen molar-refractivity contribution in [2.24, 2.45) is 5.73 Å². The molecule has 1 aliphatic heterocycles. The average molecular weight is 465 g/mol. The molecule has 0 saturated carbocycles. The molecule has 3 heterocycles. The van der Waals surface area contributed by atoms with E-state index in [4.69, 9.17) is 10.5 Å². The summed E-state index contributed by atoms with van der Waals surface area (Å²) in [6.07, 6.45) is 17.4. The van der Waals surface area contributed by atoms with Gasteiger partial charge in [-0.3, -0.25) is 9.59 Å². The van der Waals surface area contributed by atoms with Gasteiger partial charge >= 0.3 is 0 Å². The number of methoxy groups -OCH3 is 1. The predicted molar refractivity (Wildman–Crippen MR) is 131 cm³/mol. The zero-order chi connectivity index (χ0) is 23.2. The molecule has 1 fully saturated rings. The van der Waals surface area contributed by atoms with Crippen molar-refractivity contribution >= 4 is 38.9 Å². The van der Waals surface area contributed by atoms with Crippen LogP contribution in [0.1, 0.15) is 44.1 Å². The van der Waals surface area contributed by atoms with E-state index in [9.17, 15) is 9.59 Å². The van der Waals surface area contributed by atoms with E-state index in [1.807, 2.05) is 22.7 Å². The predicted octanol–water partition coefficient (Wildman–Crippen LogP) is 4.17. The summed E-state index contributed by atoms with van der Waals surface area (Å²) in [4.78, 5) is 32.9. The van der Waals surface area contributed by atoms with Gasteiger partial charge in [-0.1, -0.05) is 36.0 Å². The van der Waals surface area contributed by atoms with Gasteiger partial charge in [-0.05, 0) is 37.7 Å². The Labute approximate surface area is 197 Å². The fourth-order valence-corrected chi connectivity index (χ4v) is 5.00. The van der Waals surface area contributed by atoms with E-state index in [0.717, 1.165) is 37.7 Å². The standard InChI is InChI=1S/C13H12N2OS.C12H16N2O2/c1-16-13-11-12(17-8-15-11)10(7-14-13)9-5-3-2-4-6-9;13-12(16)10-5-3-9(4-6-10)8-14-7-1-2-11(14)15/h2-3,5,7-8H,4,6H2,1H3;3,5H,1-2,4,6-8H2,(H2,13,16). The van der Waals surface area contributed by atoms with Gasteiger partial charge in [0.2, 0.25) is 17.7 Å². The topological polar surface area (TPSA) is 98.4 Å². The van der Waals surface area contributed by atoms with Crippen molar-refractivity contribution in [3.05, 3.63) is 58.8 Å². The van der Waals surface area contributed by atoms with Gasteiger partial charge in [-0.25, -0.2) is 9.97 Å². The number of allylic oxidation sites excluding steroid dienone is 6. The van der Waals surface area contributed by atoms with Crippen LogP contribution in [0.15, 0.2) is 53.2 Å². The number of thiazole rings is 1. The van der Waals surface area contributed by atoms with Crippen molar-refractivity contribution in [3.63, 3.8) is 0 Å². The zero-order valence-corrected chi connectivity index (χ0v) is 19.6. The summed E-state index contributed by atoms with van der Waals surface area (Å²) < 4.78 is 6.39. The van der Waals surface area contributed by atoms with Gasteiger partial charge in [-0.15, -0.1) is 11.3 Å². The number of amides is 2. The quantitative estimate of drug-likeness (QED) is 0.716. The maximum atomic E-state index is 11.4. The van der Waals surface area contributed by atoms with E-state index in [-0.39, 0.29) is 11.8 Å².